The monoisotopic (exact) mass is 738 g/mol. The van der Waals surface area contributed by atoms with Crippen molar-refractivity contribution in [1.82, 2.24) is 30.0 Å². The van der Waals surface area contributed by atoms with E-state index in [9.17, 15) is 31.6 Å². The number of aromatic nitrogens is 6. The fourth-order valence-corrected chi connectivity index (χ4v) is 6.19. The number of hydrogen-bond donors (Lipinski definition) is 2. The summed E-state index contributed by atoms with van der Waals surface area (Å²) in [5, 5.41) is 42.6. The molecule has 14 nitrogen and oxygen atoms in total. The van der Waals surface area contributed by atoms with Crippen molar-refractivity contribution in [3.05, 3.63) is 109 Å². The van der Waals surface area contributed by atoms with E-state index in [1.54, 1.807) is 30.3 Å². The molecule has 248 valence electrons. The van der Waals surface area contributed by atoms with Crippen LogP contribution in [0.25, 0.3) is 55.0 Å². The molecule has 8 rings (SSSR count). The van der Waals surface area contributed by atoms with Gasteiger partial charge in [0.25, 0.3) is 10.1 Å². The van der Waals surface area contributed by atoms with Crippen LogP contribution < -0.4 is 5.11 Å². The molecule has 6 aromatic carbocycles. The number of fused-ring (bicyclic) bond motifs is 4. The first-order valence-corrected chi connectivity index (χ1v) is 16.8. The van der Waals surface area contributed by atoms with Crippen molar-refractivity contribution in [2.75, 3.05) is 0 Å². The number of phenols is 1. The molecule has 0 bridgehead atoms. The smallest absolute Gasteiger partial charge is 0.871 e. The van der Waals surface area contributed by atoms with Crippen molar-refractivity contribution in [2.45, 2.75) is 9.79 Å². The Balaban J connectivity index is 0.000000167. The standard InChI is InChI=1S/2C16H11N3O4S.Ni/c2*20-15-8-5-10-3-1-2-4-12(10)16(15)19-17-13-7-6-11(24(21,22)23)9-14(13)18-19;/h2*1-9,20H,(H,21,22,23);/q;;+2/p-2. The van der Waals surface area contributed by atoms with E-state index >= 15 is 0 Å². The first-order chi connectivity index (χ1) is 22.9. The Bertz CT molecular complexity index is 2600. The predicted octanol–water partition coefficient (Wildman–Crippen LogP) is 4.07. The molecule has 0 saturated carbocycles. The third-order valence-corrected chi connectivity index (χ3v) is 9.11. The van der Waals surface area contributed by atoms with Gasteiger partial charge in [-0.2, -0.15) is 13.2 Å². The molecule has 0 radical (unpaired) electrons. The minimum absolute atomic E-state index is 0. The zero-order valence-corrected chi connectivity index (χ0v) is 27.2. The zero-order valence-electron chi connectivity index (χ0n) is 24.6. The molecular formula is C32H20N6NiO8S2. The van der Waals surface area contributed by atoms with Crippen LogP contribution in [0.4, 0.5) is 0 Å². The molecule has 8 aromatic rings. The average molecular weight is 739 g/mol. The largest absolute Gasteiger partial charge is 2.00 e. The summed E-state index contributed by atoms with van der Waals surface area (Å²) in [6.07, 6.45) is 0. The van der Waals surface area contributed by atoms with Gasteiger partial charge >= 0.3 is 16.5 Å². The molecule has 49 heavy (non-hydrogen) atoms. The van der Waals surface area contributed by atoms with Crippen LogP contribution in [0.1, 0.15) is 0 Å². The molecule has 17 heteroatoms. The Morgan fingerprint density at radius 1 is 0.571 bits per heavy atom. The van der Waals surface area contributed by atoms with Crippen LogP contribution in [0, 0.1) is 0 Å². The normalized spacial score (nSPS) is 11.8. The number of nitrogens with zero attached hydrogens (tertiary/aromatic N) is 6. The average Bonchev–Trinajstić information content (AvgIpc) is 3.67. The minimum atomic E-state index is -4.58. The van der Waals surface area contributed by atoms with Crippen LogP contribution in [0.3, 0.4) is 0 Å². The van der Waals surface area contributed by atoms with Gasteiger partial charge in [0.2, 0.25) is 0 Å². The Labute approximate surface area is 287 Å². The Hall–Kier alpha value is -5.45. The summed E-state index contributed by atoms with van der Waals surface area (Å²) in [6.45, 7) is 0. The molecular weight excluding hydrogens is 719 g/mol. The summed E-state index contributed by atoms with van der Waals surface area (Å²) in [6, 6.07) is 28.9. The Morgan fingerprint density at radius 2 is 1.04 bits per heavy atom. The van der Waals surface area contributed by atoms with Crippen LogP contribution >= 0.6 is 0 Å². The first-order valence-electron chi connectivity index (χ1n) is 13.9. The van der Waals surface area contributed by atoms with Gasteiger partial charge in [0.05, 0.1) is 15.5 Å². The molecule has 2 heterocycles. The molecule has 0 saturated heterocycles. The summed E-state index contributed by atoms with van der Waals surface area (Å²) >= 11 is 0. The van der Waals surface area contributed by atoms with Crippen molar-refractivity contribution < 1.29 is 52.6 Å². The van der Waals surface area contributed by atoms with Crippen LogP contribution in [0.5, 0.6) is 11.5 Å². The van der Waals surface area contributed by atoms with Crippen molar-refractivity contribution >= 4 is 63.8 Å². The second-order valence-electron chi connectivity index (χ2n) is 10.5. The second-order valence-corrected chi connectivity index (χ2v) is 13.3. The van der Waals surface area contributed by atoms with Crippen LogP contribution in [-0.2, 0) is 36.7 Å². The van der Waals surface area contributed by atoms with E-state index in [4.69, 9.17) is 4.55 Å². The molecule has 0 aliphatic heterocycles. The maximum absolute atomic E-state index is 12.3. The molecule has 0 unspecified atom stereocenters. The van der Waals surface area contributed by atoms with Crippen molar-refractivity contribution in [3.8, 4) is 22.9 Å². The molecule has 0 atom stereocenters. The van der Waals surface area contributed by atoms with Gasteiger partial charge in [0.1, 0.15) is 43.6 Å². The van der Waals surface area contributed by atoms with E-state index in [0.717, 1.165) is 22.2 Å². The quantitative estimate of drug-likeness (QED) is 0.193. The maximum Gasteiger partial charge on any atom is 2.00 e. The number of benzene rings is 6. The summed E-state index contributed by atoms with van der Waals surface area (Å²) in [4.78, 5) is 1.79. The van der Waals surface area contributed by atoms with Gasteiger partial charge in [0, 0.05) is 10.8 Å². The first kappa shape index (κ1) is 33.5. The van der Waals surface area contributed by atoms with E-state index in [1.165, 1.54) is 46.0 Å². The molecule has 0 aliphatic rings. The summed E-state index contributed by atoms with van der Waals surface area (Å²) < 4.78 is 65.0. The van der Waals surface area contributed by atoms with Crippen molar-refractivity contribution in [3.63, 3.8) is 0 Å². The van der Waals surface area contributed by atoms with E-state index in [2.05, 4.69) is 20.4 Å². The molecule has 0 amide bonds. The summed E-state index contributed by atoms with van der Waals surface area (Å²) in [5.41, 5.74) is 2.01. The van der Waals surface area contributed by atoms with Crippen LogP contribution in [0.15, 0.2) is 119 Å². The van der Waals surface area contributed by atoms with Crippen LogP contribution in [0.2, 0.25) is 0 Å². The van der Waals surface area contributed by atoms with Gasteiger partial charge in [-0.05, 0) is 53.2 Å². The zero-order chi connectivity index (χ0) is 33.8. The van der Waals surface area contributed by atoms with Gasteiger partial charge in [0.15, 0.2) is 0 Å². The topological polar surface area (TPSA) is 216 Å². The number of aromatic hydroxyl groups is 1. The second kappa shape index (κ2) is 12.5. The van der Waals surface area contributed by atoms with Crippen molar-refractivity contribution in [1.29, 1.82) is 0 Å². The van der Waals surface area contributed by atoms with Gasteiger partial charge in [-0.25, -0.2) is 8.42 Å². The van der Waals surface area contributed by atoms with E-state index in [1.807, 2.05) is 36.4 Å². The van der Waals surface area contributed by atoms with E-state index in [-0.39, 0.29) is 54.5 Å². The number of rotatable bonds is 4. The third kappa shape index (κ3) is 6.40. The molecule has 0 spiro atoms. The maximum atomic E-state index is 12.3. The molecule has 2 aromatic heterocycles. The van der Waals surface area contributed by atoms with Gasteiger partial charge in [-0.3, -0.25) is 4.55 Å². The molecule has 0 aliphatic carbocycles. The number of hydrogen-bond acceptors (Lipinski definition) is 11. The summed E-state index contributed by atoms with van der Waals surface area (Å²) in [5.74, 6) is -0.255. The van der Waals surface area contributed by atoms with Gasteiger partial charge in [-0.1, -0.05) is 72.5 Å². The van der Waals surface area contributed by atoms with Gasteiger partial charge < -0.3 is 14.8 Å². The Morgan fingerprint density at radius 3 is 1.61 bits per heavy atom. The van der Waals surface area contributed by atoms with E-state index in [0.29, 0.717) is 22.1 Å². The fourth-order valence-electron chi connectivity index (χ4n) is 5.20. The van der Waals surface area contributed by atoms with Crippen LogP contribution in [-0.4, -0.2) is 61.0 Å². The SMILES string of the molecule is O=S(=O)(O)c1ccc2nn(-c3c(O)ccc4ccccc34)nc2c1.O=S(=O)([O-])c1ccc2nn(-c3c([O-])ccc4ccccc34)nc2c1.[Ni+2]. The fraction of sp³-hybridized carbons (Fsp3) is 0. The van der Waals surface area contributed by atoms with E-state index < -0.39 is 20.2 Å². The molecule has 2 N–H and O–H groups in total. The predicted molar refractivity (Wildman–Crippen MR) is 172 cm³/mol. The third-order valence-electron chi connectivity index (χ3n) is 7.43. The van der Waals surface area contributed by atoms with Gasteiger partial charge in [-0.15, -0.1) is 25.2 Å². The number of phenolic OH excluding ortho intramolecular Hbond substituents is 1. The summed E-state index contributed by atoms with van der Waals surface area (Å²) in [7, 11) is -8.90. The Kier molecular flexibility index (Phi) is 8.56. The molecule has 0 fully saturated rings. The van der Waals surface area contributed by atoms with Crippen molar-refractivity contribution in [2.24, 2.45) is 0 Å². The minimum Gasteiger partial charge on any atom is -0.871 e.